The van der Waals surface area contributed by atoms with Crippen LogP contribution in [0.15, 0.2) is 0 Å². The molecule has 0 radical (unpaired) electrons. The molecular weight excluding hydrogens is 252 g/mol. The highest BCUT2D eigenvalue weighted by atomic mass is 16.2. The highest BCUT2D eigenvalue weighted by molar-refractivity contribution is 6.00. The Bertz CT molecular complexity index is 403. The minimum atomic E-state index is -0.667. The van der Waals surface area contributed by atoms with Gasteiger partial charge < -0.3 is 10.2 Å². The van der Waals surface area contributed by atoms with Gasteiger partial charge in [0.15, 0.2) is 0 Å². The Labute approximate surface area is 122 Å². The van der Waals surface area contributed by atoms with E-state index in [9.17, 15) is 9.59 Å². The summed E-state index contributed by atoms with van der Waals surface area (Å²) in [6, 6.07) is -0.296. The van der Waals surface area contributed by atoms with Crippen molar-refractivity contribution in [2.75, 3.05) is 6.54 Å². The van der Waals surface area contributed by atoms with Crippen LogP contribution in [0, 0.1) is 17.8 Å². The van der Waals surface area contributed by atoms with Gasteiger partial charge in [-0.1, -0.05) is 27.7 Å². The highest BCUT2D eigenvalue weighted by Gasteiger charge is 2.55. The van der Waals surface area contributed by atoms with Crippen molar-refractivity contribution in [2.45, 2.75) is 65.5 Å². The minimum absolute atomic E-state index is 0.0254. The lowest BCUT2D eigenvalue weighted by atomic mass is 9.87. The molecule has 1 aliphatic heterocycles. The van der Waals surface area contributed by atoms with Gasteiger partial charge in [0.05, 0.1) is 0 Å². The van der Waals surface area contributed by atoms with Crippen LogP contribution in [0.1, 0.15) is 53.9 Å². The summed E-state index contributed by atoms with van der Waals surface area (Å²) in [5.74, 6) is 1.39. The van der Waals surface area contributed by atoms with Crippen LogP contribution in [0.4, 0.5) is 0 Å². The van der Waals surface area contributed by atoms with Crippen LogP contribution in [0.2, 0.25) is 0 Å². The Hall–Kier alpha value is -1.06. The SMILES string of the molecule is CCC1C(=O)NC(C)(C2CC2)C(=O)N1CC(C)C(C)C. The molecule has 1 saturated carbocycles. The van der Waals surface area contributed by atoms with Gasteiger partial charge in [0.2, 0.25) is 11.8 Å². The maximum absolute atomic E-state index is 12.9. The Balaban J connectivity index is 2.23. The summed E-state index contributed by atoms with van der Waals surface area (Å²) in [5.41, 5.74) is -0.667. The Morgan fingerprint density at radius 1 is 1.30 bits per heavy atom. The van der Waals surface area contributed by atoms with Crippen molar-refractivity contribution in [3.63, 3.8) is 0 Å². The summed E-state index contributed by atoms with van der Waals surface area (Å²) in [6.45, 7) is 11.1. The average Bonchev–Trinajstić information content (AvgIpc) is 3.20. The van der Waals surface area contributed by atoms with Crippen LogP contribution in [-0.2, 0) is 9.59 Å². The first-order valence-electron chi connectivity index (χ1n) is 7.94. The molecule has 114 valence electrons. The zero-order chi connectivity index (χ0) is 15.1. The van der Waals surface area contributed by atoms with Crippen LogP contribution in [0.5, 0.6) is 0 Å². The molecule has 2 fully saturated rings. The van der Waals surface area contributed by atoms with E-state index < -0.39 is 5.54 Å². The van der Waals surface area contributed by atoms with E-state index in [4.69, 9.17) is 0 Å². The lowest BCUT2D eigenvalue weighted by molar-refractivity contribution is -0.156. The molecule has 20 heavy (non-hydrogen) atoms. The van der Waals surface area contributed by atoms with Gasteiger partial charge >= 0.3 is 0 Å². The molecule has 0 aromatic rings. The number of rotatable bonds is 5. The Morgan fingerprint density at radius 2 is 1.90 bits per heavy atom. The number of carbonyl (C=O) groups excluding carboxylic acids is 2. The molecule has 4 nitrogen and oxygen atoms in total. The van der Waals surface area contributed by atoms with Crippen molar-refractivity contribution < 1.29 is 9.59 Å². The van der Waals surface area contributed by atoms with Gasteiger partial charge in [-0.15, -0.1) is 0 Å². The monoisotopic (exact) mass is 280 g/mol. The Kier molecular flexibility index (Phi) is 4.12. The van der Waals surface area contributed by atoms with Crippen LogP contribution < -0.4 is 5.32 Å². The lowest BCUT2D eigenvalue weighted by Gasteiger charge is -2.45. The first kappa shape index (κ1) is 15.3. The second-order valence-electron chi connectivity index (χ2n) is 7.07. The first-order chi connectivity index (χ1) is 9.31. The van der Waals surface area contributed by atoms with E-state index in [0.29, 0.717) is 30.7 Å². The highest BCUT2D eigenvalue weighted by Crippen LogP contribution is 2.42. The van der Waals surface area contributed by atoms with Crippen LogP contribution in [0.25, 0.3) is 0 Å². The quantitative estimate of drug-likeness (QED) is 0.839. The number of carbonyl (C=O) groups is 2. The average molecular weight is 280 g/mol. The molecule has 2 rings (SSSR count). The van der Waals surface area contributed by atoms with Crippen molar-refractivity contribution in [1.82, 2.24) is 10.2 Å². The smallest absolute Gasteiger partial charge is 0.249 e. The summed E-state index contributed by atoms with van der Waals surface area (Å²) in [7, 11) is 0. The largest absolute Gasteiger partial charge is 0.340 e. The first-order valence-corrected chi connectivity index (χ1v) is 7.94. The van der Waals surface area contributed by atoms with Gasteiger partial charge in [0.25, 0.3) is 0 Å². The molecule has 1 saturated heterocycles. The molecule has 2 aliphatic rings. The third-order valence-electron chi connectivity index (χ3n) is 5.17. The number of amides is 2. The lowest BCUT2D eigenvalue weighted by Crippen LogP contribution is -2.70. The van der Waals surface area contributed by atoms with Gasteiger partial charge in [0, 0.05) is 6.54 Å². The molecule has 3 unspecified atom stereocenters. The summed E-state index contributed by atoms with van der Waals surface area (Å²) in [4.78, 5) is 27.1. The maximum atomic E-state index is 12.9. The molecular formula is C16H28N2O2. The van der Waals surface area contributed by atoms with Gasteiger partial charge in [-0.2, -0.15) is 0 Å². The van der Waals surface area contributed by atoms with Gasteiger partial charge in [-0.05, 0) is 43.9 Å². The van der Waals surface area contributed by atoms with Crippen molar-refractivity contribution in [3.8, 4) is 0 Å². The fraction of sp³-hybridized carbons (Fsp3) is 0.875. The molecule has 4 heteroatoms. The van der Waals surface area contributed by atoms with Crippen LogP contribution in [-0.4, -0.2) is 34.8 Å². The van der Waals surface area contributed by atoms with Crippen LogP contribution >= 0.6 is 0 Å². The molecule has 0 spiro atoms. The number of hydrogen-bond donors (Lipinski definition) is 1. The van der Waals surface area contributed by atoms with Crippen molar-refractivity contribution in [2.24, 2.45) is 17.8 Å². The second kappa shape index (κ2) is 5.38. The van der Waals surface area contributed by atoms with Gasteiger partial charge in [-0.3, -0.25) is 9.59 Å². The molecule has 3 atom stereocenters. The molecule has 0 aromatic heterocycles. The fourth-order valence-corrected chi connectivity index (χ4v) is 3.05. The topological polar surface area (TPSA) is 49.4 Å². The third kappa shape index (κ3) is 2.57. The van der Waals surface area contributed by atoms with Crippen molar-refractivity contribution in [1.29, 1.82) is 0 Å². The molecule has 1 N–H and O–H groups in total. The van der Waals surface area contributed by atoms with Crippen molar-refractivity contribution in [3.05, 3.63) is 0 Å². The molecule has 0 bridgehead atoms. The molecule has 1 heterocycles. The van der Waals surface area contributed by atoms with E-state index in [2.05, 4.69) is 26.1 Å². The van der Waals surface area contributed by atoms with Crippen molar-refractivity contribution >= 4 is 11.8 Å². The summed E-state index contributed by atoms with van der Waals surface area (Å²) < 4.78 is 0. The van der Waals surface area contributed by atoms with Gasteiger partial charge in [0.1, 0.15) is 11.6 Å². The zero-order valence-corrected chi connectivity index (χ0v) is 13.4. The third-order valence-corrected chi connectivity index (χ3v) is 5.17. The Morgan fingerprint density at radius 3 is 2.35 bits per heavy atom. The normalized spacial score (nSPS) is 32.5. The van der Waals surface area contributed by atoms with E-state index in [0.717, 1.165) is 12.8 Å². The minimum Gasteiger partial charge on any atom is -0.340 e. The predicted octanol–water partition coefficient (Wildman–Crippen LogP) is 2.18. The second-order valence-corrected chi connectivity index (χ2v) is 7.07. The standard InChI is InChI=1S/C16H28N2O2/c1-6-13-14(19)17-16(5,12-7-8-12)15(20)18(13)9-11(4)10(2)3/h10-13H,6-9H2,1-5H3,(H,17,19). The number of nitrogens with one attached hydrogen (secondary N) is 1. The molecule has 2 amide bonds. The summed E-state index contributed by atoms with van der Waals surface area (Å²) >= 11 is 0. The van der Waals surface area contributed by atoms with E-state index in [1.807, 2.05) is 18.7 Å². The number of hydrogen-bond acceptors (Lipinski definition) is 2. The summed E-state index contributed by atoms with van der Waals surface area (Å²) in [6.07, 6.45) is 2.78. The van der Waals surface area contributed by atoms with Crippen LogP contribution in [0.3, 0.4) is 0 Å². The van der Waals surface area contributed by atoms with E-state index in [1.54, 1.807) is 0 Å². The predicted molar refractivity (Wildman–Crippen MR) is 79.1 cm³/mol. The van der Waals surface area contributed by atoms with E-state index in [1.165, 1.54) is 0 Å². The number of nitrogens with zero attached hydrogens (tertiary/aromatic N) is 1. The fourth-order valence-electron chi connectivity index (χ4n) is 3.05. The van der Waals surface area contributed by atoms with E-state index >= 15 is 0 Å². The maximum Gasteiger partial charge on any atom is 0.249 e. The zero-order valence-electron chi connectivity index (χ0n) is 13.4. The summed E-state index contributed by atoms with van der Waals surface area (Å²) in [5, 5.41) is 3.01. The molecule has 0 aromatic carbocycles. The van der Waals surface area contributed by atoms with Gasteiger partial charge in [-0.25, -0.2) is 0 Å². The number of piperazine rings is 1. The molecule has 1 aliphatic carbocycles. The van der Waals surface area contributed by atoms with E-state index in [-0.39, 0.29) is 17.9 Å².